The van der Waals surface area contributed by atoms with Crippen molar-refractivity contribution < 1.29 is 28.9 Å². The molecule has 2 aromatic rings. The lowest BCUT2D eigenvalue weighted by Gasteiger charge is -2.45. The normalized spacial score (nSPS) is 22.8. The summed E-state index contributed by atoms with van der Waals surface area (Å²) in [6.45, 7) is 5.98. The summed E-state index contributed by atoms with van der Waals surface area (Å²) >= 11 is 0. The highest BCUT2D eigenvalue weighted by atomic mass is 16.7. The molecule has 11 heteroatoms. The van der Waals surface area contributed by atoms with Gasteiger partial charge in [0.15, 0.2) is 17.3 Å². The molecule has 2 bridgehead atoms. The number of carbonyl (C=O) groups excluding carboxylic acids is 1. The maximum Gasteiger partial charge on any atom is 0.354 e. The van der Waals surface area contributed by atoms with Crippen molar-refractivity contribution in [1.82, 2.24) is 9.97 Å². The van der Waals surface area contributed by atoms with Crippen molar-refractivity contribution in [3.8, 4) is 5.75 Å². The highest BCUT2D eigenvalue weighted by Crippen LogP contribution is 2.38. The van der Waals surface area contributed by atoms with Gasteiger partial charge in [0.1, 0.15) is 24.3 Å². The summed E-state index contributed by atoms with van der Waals surface area (Å²) < 4.78 is 17.1. The molecule has 11 nitrogen and oxygen atoms in total. The van der Waals surface area contributed by atoms with Gasteiger partial charge in [-0.2, -0.15) is 0 Å². The van der Waals surface area contributed by atoms with Crippen molar-refractivity contribution in [2.45, 2.75) is 44.6 Å². The number of nitrogens with zero attached hydrogens (tertiary/aromatic N) is 4. The first-order valence-electron chi connectivity index (χ1n) is 11.3. The fourth-order valence-electron chi connectivity index (χ4n) is 4.58. The van der Waals surface area contributed by atoms with E-state index in [0.717, 1.165) is 25.1 Å². The third-order valence-corrected chi connectivity index (χ3v) is 6.09. The quantitative estimate of drug-likeness (QED) is 0.680. The van der Waals surface area contributed by atoms with E-state index >= 15 is 0 Å². The predicted octanol–water partition coefficient (Wildman–Crippen LogP) is 2.73. The topological polar surface area (TPSA) is 126 Å². The zero-order valence-corrected chi connectivity index (χ0v) is 19.1. The number of aromatic carboxylic acids is 1. The molecule has 0 unspecified atom stereocenters. The number of fused-ring (bicyclic) bond motifs is 4. The van der Waals surface area contributed by atoms with Crippen molar-refractivity contribution in [3.63, 3.8) is 0 Å². The monoisotopic (exact) mass is 469 g/mol. The van der Waals surface area contributed by atoms with E-state index in [2.05, 4.69) is 20.2 Å². The molecule has 0 aliphatic carbocycles. The molecular weight excluding hydrogens is 442 g/mol. The van der Waals surface area contributed by atoms with Crippen LogP contribution in [-0.2, 0) is 9.47 Å². The van der Waals surface area contributed by atoms with Gasteiger partial charge in [-0.1, -0.05) is 0 Å². The minimum absolute atomic E-state index is 0.104. The number of carboxylic acids is 1. The van der Waals surface area contributed by atoms with Gasteiger partial charge in [-0.25, -0.2) is 19.6 Å². The van der Waals surface area contributed by atoms with Crippen LogP contribution in [0, 0.1) is 0 Å². The van der Waals surface area contributed by atoms with E-state index in [1.165, 1.54) is 6.07 Å². The lowest BCUT2D eigenvalue weighted by atomic mass is 10.00. The van der Waals surface area contributed by atoms with Gasteiger partial charge in [0.2, 0.25) is 0 Å². The minimum atomic E-state index is -1.14. The first-order valence-corrected chi connectivity index (χ1v) is 11.3. The van der Waals surface area contributed by atoms with E-state index in [4.69, 9.17) is 14.2 Å². The molecule has 0 spiro atoms. The fourth-order valence-corrected chi connectivity index (χ4v) is 4.58. The van der Waals surface area contributed by atoms with Crippen LogP contribution in [0.1, 0.15) is 37.2 Å². The van der Waals surface area contributed by atoms with E-state index in [-0.39, 0.29) is 17.8 Å². The Labute approximate surface area is 196 Å². The summed E-state index contributed by atoms with van der Waals surface area (Å²) in [6, 6.07) is 6.00. The molecule has 3 aliphatic rings. The number of nitrogens with one attached hydrogen (secondary N) is 1. The van der Waals surface area contributed by atoms with Crippen molar-refractivity contribution in [2.24, 2.45) is 0 Å². The van der Waals surface area contributed by atoms with Crippen LogP contribution in [0.5, 0.6) is 5.75 Å². The Morgan fingerprint density at radius 1 is 1.32 bits per heavy atom. The molecular formula is C23H27N5O6. The number of carboxylic acid groups (broad SMARTS) is 1. The smallest absolute Gasteiger partial charge is 0.354 e. The second-order valence-corrected chi connectivity index (χ2v) is 9.03. The molecule has 5 rings (SSSR count). The van der Waals surface area contributed by atoms with E-state index in [0.29, 0.717) is 37.1 Å². The average Bonchev–Trinajstić information content (AvgIpc) is 3.16. The van der Waals surface area contributed by atoms with Crippen molar-refractivity contribution in [1.29, 1.82) is 0 Å². The SMILES string of the molecule is CC1(C)OC[C@H](COc2ccnc(NC(=O)N3c4nc(C(=O)O)ccc4N4CCC[C@H]3C4)c2)O1. The lowest BCUT2D eigenvalue weighted by Crippen LogP contribution is -2.56. The third kappa shape index (κ3) is 4.48. The van der Waals surface area contributed by atoms with Crippen LogP contribution < -0.4 is 19.9 Å². The molecule has 2 atom stereocenters. The second kappa shape index (κ2) is 8.73. The zero-order chi connectivity index (χ0) is 23.9. The zero-order valence-electron chi connectivity index (χ0n) is 19.1. The Morgan fingerprint density at radius 3 is 2.94 bits per heavy atom. The number of carbonyl (C=O) groups is 2. The number of ether oxygens (including phenoxy) is 3. The van der Waals surface area contributed by atoms with E-state index in [1.807, 2.05) is 13.8 Å². The summed E-state index contributed by atoms with van der Waals surface area (Å²) in [4.78, 5) is 37.1. The van der Waals surface area contributed by atoms with Crippen molar-refractivity contribution in [2.75, 3.05) is 41.4 Å². The van der Waals surface area contributed by atoms with Gasteiger partial charge < -0.3 is 24.2 Å². The van der Waals surface area contributed by atoms with Crippen LogP contribution >= 0.6 is 0 Å². The maximum absolute atomic E-state index is 13.4. The average molecular weight is 469 g/mol. The summed E-state index contributed by atoms with van der Waals surface area (Å²) in [6.07, 6.45) is 3.10. The molecule has 0 saturated carbocycles. The van der Waals surface area contributed by atoms with Crippen LogP contribution in [0.25, 0.3) is 0 Å². The van der Waals surface area contributed by atoms with E-state index in [9.17, 15) is 14.7 Å². The Balaban J connectivity index is 1.32. The number of pyridine rings is 2. The third-order valence-electron chi connectivity index (χ3n) is 6.09. The molecule has 3 aliphatic heterocycles. The Bertz CT molecular complexity index is 1110. The number of amides is 2. The highest BCUT2D eigenvalue weighted by molar-refractivity contribution is 6.04. The van der Waals surface area contributed by atoms with Crippen LogP contribution in [0.2, 0.25) is 0 Å². The molecule has 2 fully saturated rings. The summed E-state index contributed by atoms with van der Waals surface area (Å²) in [5.74, 6) is -0.560. The van der Waals surface area contributed by atoms with Gasteiger partial charge in [0.25, 0.3) is 0 Å². The molecule has 180 valence electrons. The largest absolute Gasteiger partial charge is 0.491 e. The van der Waals surface area contributed by atoms with Crippen LogP contribution in [-0.4, -0.2) is 71.3 Å². The number of hydrogen-bond acceptors (Lipinski definition) is 8. The highest BCUT2D eigenvalue weighted by Gasteiger charge is 2.39. The van der Waals surface area contributed by atoms with Gasteiger partial charge in [-0.05, 0) is 44.9 Å². The first-order chi connectivity index (χ1) is 16.3. The Hall–Kier alpha value is -3.44. The van der Waals surface area contributed by atoms with E-state index in [1.54, 1.807) is 29.3 Å². The number of rotatable bonds is 5. The number of piperidine rings is 1. The second-order valence-electron chi connectivity index (χ2n) is 9.03. The fraction of sp³-hybridized carbons (Fsp3) is 0.478. The van der Waals surface area contributed by atoms with Gasteiger partial charge in [0, 0.05) is 25.4 Å². The predicted molar refractivity (Wildman–Crippen MR) is 123 cm³/mol. The molecule has 2 N–H and O–H groups in total. The summed E-state index contributed by atoms with van der Waals surface area (Å²) in [5.41, 5.74) is 0.649. The van der Waals surface area contributed by atoms with Crippen LogP contribution in [0.15, 0.2) is 30.5 Å². The molecule has 0 aromatic carbocycles. The molecule has 2 amide bonds. The summed E-state index contributed by atoms with van der Waals surface area (Å²) in [5, 5.41) is 12.2. The van der Waals surface area contributed by atoms with E-state index < -0.39 is 17.8 Å². The van der Waals surface area contributed by atoms with Gasteiger partial charge >= 0.3 is 12.0 Å². The molecule has 2 saturated heterocycles. The lowest BCUT2D eigenvalue weighted by molar-refractivity contribution is -0.141. The van der Waals surface area contributed by atoms with Gasteiger partial charge in [-0.15, -0.1) is 0 Å². The summed E-state index contributed by atoms with van der Waals surface area (Å²) in [7, 11) is 0. The molecule has 34 heavy (non-hydrogen) atoms. The first kappa shape index (κ1) is 22.4. The Kier molecular flexibility index (Phi) is 5.74. The van der Waals surface area contributed by atoms with Crippen LogP contribution in [0.4, 0.5) is 22.1 Å². The molecule has 0 radical (unpaired) electrons. The molecule has 5 heterocycles. The maximum atomic E-state index is 13.4. The number of urea groups is 1. The number of hydrogen-bond donors (Lipinski definition) is 2. The van der Waals surface area contributed by atoms with Crippen molar-refractivity contribution >= 4 is 29.3 Å². The van der Waals surface area contributed by atoms with Crippen LogP contribution in [0.3, 0.4) is 0 Å². The van der Waals surface area contributed by atoms with Gasteiger partial charge in [-0.3, -0.25) is 10.2 Å². The van der Waals surface area contributed by atoms with Gasteiger partial charge in [0.05, 0.1) is 18.3 Å². The number of anilines is 3. The number of aromatic nitrogens is 2. The minimum Gasteiger partial charge on any atom is -0.491 e. The molecule has 2 aromatic heterocycles. The Morgan fingerprint density at radius 2 is 2.18 bits per heavy atom. The van der Waals surface area contributed by atoms with Crippen molar-refractivity contribution in [3.05, 3.63) is 36.2 Å². The standard InChI is InChI=1S/C23H27N5O6/c1-23(2)33-13-16(34-23)12-32-15-7-8-24-19(10-15)26-22(31)28-14-4-3-9-27(11-14)18-6-5-17(21(29)30)25-20(18)28/h5-8,10,14,16H,3-4,9,11-13H2,1-2H3,(H,29,30)(H,24,26,31)/t14-,16-/m0/s1.